The Labute approximate surface area is 144 Å². The Balaban J connectivity index is 2.24. The summed E-state index contributed by atoms with van der Waals surface area (Å²) in [6, 6.07) is 4.54. The third-order valence-corrected chi connectivity index (χ3v) is 4.69. The summed E-state index contributed by atoms with van der Waals surface area (Å²) in [5.74, 6) is -0.444. The molecule has 0 bridgehead atoms. The second kappa shape index (κ2) is 8.16. The van der Waals surface area contributed by atoms with E-state index in [-0.39, 0.29) is 12.1 Å². The number of aliphatic hydroxyl groups excluding tert-OH is 1. The molecule has 1 aliphatic carbocycles. The van der Waals surface area contributed by atoms with Gasteiger partial charge in [0.2, 0.25) is 0 Å². The fraction of sp³-hybridized carbons (Fsp3) is 0.579. The van der Waals surface area contributed by atoms with Gasteiger partial charge in [0.15, 0.2) is 0 Å². The van der Waals surface area contributed by atoms with Gasteiger partial charge in [-0.15, -0.1) is 0 Å². The maximum Gasteiger partial charge on any atom is 0.262 e. The predicted molar refractivity (Wildman–Crippen MR) is 94.3 cm³/mol. The second-order valence-electron chi connectivity index (χ2n) is 6.72. The number of nitrogens with zero attached hydrogens (tertiary/aromatic N) is 2. The van der Waals surface area contributed by atoms with Crippen LogP contribution in [0.15, 0.2) is 11.6 Å². The molecule has 5 heteroatoms. The molecule has 1 aromatic heterocycles. The third-order valence-electron chi connectivity index (χ3n) is 4.69. The predicted octanol–water partition coefficient (Wildman–Crippen LogP) is 3.01. The molecule has 0 aliphatic heterocycles. The fourth-order valence-corrected chi connectivity index (χ4v) is 3.49. The molecular formula is C19H27N3O2. The van der Waals surface area contributed by atoms with E-state index in [1.807, 2.05) is 12.1 Å². The molecule has 0 radical (unpaired) electrons. The van der Waals surface area contributed by atoms with Crippen LogP contribution in [0.4, 0.5) is 0 Å². The monoisotopic (exact) mass is 329 g/mol. The molecule has 0 spiro atoms. The zero-order valence-corrected chi connectivity index (χ0v) is 14.8. The molecule has 1 saturated carbocycles. The Kier molecular flexibility index (Phi) is 6.22. The lowest BCUT2D eigenvalue weighted by atomic mass is 9.95. The van der Waals surface area contributed by atoms with Gasteiger partial charge in [0, 0.05) is 24.0 Å². The number of nitrogens with one attached hydrogen (secondary N) is 1. The first-order chi connectivity index (χ1) is 11.4. The van der Waals surface area contributed by atoms with E-state index in [9.17, 15) is 15.2 Å². The zero-order chi connectivity index (χ0) is 17.7. The molecular weight excluding hydrogens is 302 g/mol. The summed E-state index contributed by atoms with van der Waals surface area (Å²) in [6.45, 7) is 5.86. The van der Waals surface area contributed by atoms with E-state index in [4.69, 9.17) is 0 Å². The average Bonchev–Trinajstić information content (AvgIpc) is 2.84. The van der Waals surface area contributed by atoms with Crippen molar-refractivity contribution >= 4 is 12.0 Å². The van der Waals surface area contributed by atoms with E-state index in [0.29, 0.717) is 6.04 Å². The SMILES string of the molecule is Cc1cc(/C=C(\C#N)C(=O)NCC(C)O)c(C)n1C1CCCCC1. The smallest absolute Gasteiger partial charge is 0.262 e. The second-order valence-corrected chi connectivity index (χ2v) is 6.72. The van der Waals surface area contributed by atoms with Crippen LogP contribution in [0.3, 0.4) is 0 Å². The molecule has 1 aromatic rings. The first-order valence-corrected chi connectivity index (χ1v) is 8.70. The van der Waals surface area contributed by atoms with Crippen molar-refractivity contribution in [2.24, 2.45) is 0 Å². The molecule has 0 saturated heterocycles. The first-order valence-electron chi connectivity index (χ1n) is 8.70. The minimum atomic E-state index is -0.634. The summed E-state index contributed by atoms with van der Waals surface area (Å²) < 4.78 is 2.35. The van der Waals surface area contributed by atoms with Gasteiger partial charge in [-0.2, -0.15) is 5.26 Å². The summed E-state index contributed by atoms with van der Waals surface area (Å²) in [5, 5.41) is 21.1. The van der Waals surface area contributed by atoms with E-state index in [2.05, 4.69) is 23.7 Å². The van der Waals surface area contributed by atoms with Crippen LogP contribution in [0.5, 0.6) is 0 Å². The molecule has 1 aliphatic rings. The third kappa shape index (κ3) is 4.27. The maximum atomic E-state index is 12.1. The molecule has 1 heterocycles. The quantitative estimate of drug-likeness (QED) is 0.644. The summed E-state index contributed by atoms with van der Waals surface area (Å²) in [4.78, 5) is 12.1. The van der Waals surface area contributed by atoms with E-state index in [1.54, 1.807) is 13.0 Å². The van der Waals surface area contributed by atoms with Crippen molar-refractivity contribution in [3.8, 4) is 6.07 Å². The number of rotatable bonds is 5. The Morgan fingerprint density at radius 1 is 1.46 bits per heavy atom. The maximum absolute atomic E-state index is 12.1. The van der Waals surface area contributed by atoms with Gasteiger partial charge in [-0.1, -0.05) is 19.3 Å². The Bertz CT molecular complexity index is 659. The number of nitriles is 1. The highest BCUT2D eigenvalue weighted by atomic mass is 16.3. The fourth-order valence-electron chi connectivity index (χ4n) is 3.49. The van der Waals surface area contributed by atoms with Crippen molar-refractivity contribution in [1.29, 1.82) is 5.26 Å². The normalized spacial score (nSPS) is 17.4. The summed E-state index contributed by atoms with van der Waals surface area (Å²) in [7, 11) is 0. The molecule has 2 rings (SSSR count). The topological polar surface area (TPSA) is 78.1 Å². The molecule has 1 amide bonds. The lowest BCUT2D eigenvalue weighted by Gasteiger charge is -2.26. The van der Waals surface area contributed by atoms with Crippen LogP contribution in [-0.4, -0.2) is 28.2 Å². The minimum absolute atomic E-state index is 0.0690. The molecule has 2 N–H and O–H groups in total. The van der Waals surface area contributed by atoms with Gasteiger partial charge in [-0.25, -0.2) is 0 Å². The number of aryl methyl sites for hydroxylation is 1. The van der Waals surface area contributed by atoms with Gasteiger partial charge in [-0.05, 0) is 51.3 Å². The Hall–Kier alpha value is -2.06. The highest BCUT2D eigenvalue weighted by Crippen LogP contribution is 2.32. The van der Waals surface area contributed by atoms with Gasteiger partial charge in [0.1, 0.15) is 11.6 Å². The first kappa shape index (κ1) is 18.3. The van der Waals surface area contributed by atoms with Crippen molar-refractivity contribution in [1.82, 2.24) is 9.88 Å². The number of carbonyl (C=O) groups is 1. The number of aliphatic hydroxyl groups is 1. The van der Waals surface area contributed by atoms with Crippen LogP contribution in [0.1, 0.15) is 62.0 Å². The Morgan fingerprint density at radius 3 is 2.71 bits per heavy atom. The van der Waals surface area contributed by atoms with Crippen LogP contribution >= 0.6 is 0 Å². The highest BCUT2D eigenvalue weighted by molar-refractivity contribution is 6.01. The van der Waals surface area contributed by atoms with Gasteiger partial charge in [0.25, 0.3) is 5.91 Å². The standard InChI is InChI=1S/C19H27N3O2/c1-13-9-16(10-17(11-20)19(24)21-12-14(2)23)15(3)22(13)18-7-5-4-6-8-18/h9-10,14,18,23H,4-8,12H2,1-3H3,(H,21,24)/b17-10+. The largest absolute Gasteiger partial charge is 0.392 e. The van der Waals surface area contributed by atoms with Gasteiger partial charge in [-0.3, -0.25) is 4.79 Å². The lowest BCUT2D eigenvalue weighted by Crippen LogP contribution is -2.31. The van der Waals surface area contributed by atoms with Crippen LogP contribution in [0.25, 0.3) is 6.08 Å². The van der Waals surface area contributed by atoms with E-state index >= 15 is 0 Å². The van der Waals surface area contributed by atoms with Gasteiger partial charge < -0.3 is 15.0 Å². The van der Waals surface area contributed by atoms with E-state index in [0.717, 1.165) is 11.3 Å². The molecule has 130 valence electrons. The number of amides is 1. The van der Waals surface area contributed by atoms with Crippen molar-refractivity contribution in [2.75, 3.05) is 6.54 Å². The average molecular weight is 329 g/mol. The van der Waals surface area contributed by atoms with Gasteiger partial charge in [0.05, 0.1) is 6.10 Å². The highest BCUT2D eigenvalue weighted by Gasteiger charge is 2.20. The van der Waals surface area contributed by atoms with Crippen LogP contribution in [0, 0.1) is 25.2 Å². The molecule has 1 atom stereocenters. The van der Waals surface area contributed by atoms with Crippen molar-refractivity contribution in [3.63, 3.8) is 0 Å². The zero-order valence-electron chi connectivity index (χ0n) is 14.8. The van der Waals surface area contributed by atoms with Gasteiger partial charge >= 0.3 is 0 Å². The lowest BCUT2D eigenvalue weighted by molar-refractivity contribution is -0.117. The summed E-state index contributed by atoms with van der Waals surface area (Å²) in [5.41, 5.74) is 3.27. The summed E-state index contributed by atoms with van der Waals surface area (Å²) >= 11 is 0. The van der Waals surface area contributed by atoms with Crippen LogP contribution in [-0.2, 0) is 4.79 Å². The number of hydrogen-bond donors (Lipinski definition) is 2. The number of carbonyl (C=O) groups excluding carboxylic acids is 1. The van der Waals surface area contributed by atoms with Crippen molar-refractivity contribution < 1.29 is 9.90 Å². The molecule has 1 fully saturated rings. The molecule has 5 nitrogen and oxygen atoms in total. The number of aromatic nitrogens is 1. The van der Waals surface area contributed by atoms with E-state index < -0.39 is 12.0 Å². The van der Waals surface area contributed by atoms with Crippen LogP contribution in [0.2, 0.25) is 0 Å². The number of hydrogen-bond acceptors (Lipinski definition) is 3. The molecule has 1 unspecified atom stereocenters. The van der Waals surface area contributed by atoms with Crippen molar-refractivity contribution in [3.05, 3.63) is 28.6 Å². The minimum Gasteiger partial charge on any atom is -0.392 e. The molecule has 0 aromatic carbocycles. The van der Waals surface area contributed by atoms with E-state index in [1.165, 1.54) is 37.8 Å². The Morgan fingerprint density at radius 2 is 2.12 bits per heavy atom. The van der Waals surface area contributed by atoms with Crippen LogP contribution < -0.4 is 5.32 Å². The summed E-state index contributed by atoms with van der Waals surface area (Å²) in [6.07, 6.45) is 7.24. The molecule has 24 heavy (non-hydrogen) atoms. The van der Waals surface area contributed by atoms with Crippen molar-refractivity contribution in [2.45, 2.75) is 65.0 Å².